The van der Waals surface area contributed by atoms with Crippen molar-refractivity contribution in [3.05, 3.63) is 47.0 Å². The van der Waals surface area contributed by atoms with E-state index in [1.165, 1.54) is 0 Å². The maximum Gasteiger partial charge on any atom is 0.227 e. The van der Waals surface area contributed by atoms with Gasteiger partial charge in [-0.1, -0.05) is 30.3 Å². The maximum absolute atomic E-state index is 5.67. The SMILES string of the molecule is Nc1nc(Cl)nc(Cc2ccccc2)n1. The van der Waals surface area contributed by atoms with Gasteiger partial charge in [0.05, 0.1) is 0 Å². The highest BCUT2D eigenvalue weighted by atomic mass is 35.5. The molecular formula is C10H9ClN4. The van der Waals surface area contributed by atoms with Crippen molar-refractivity contribution in [1.82, 2.24) is 15.0 Å². The summed E-state index contributed by atoms with van der Waals surface area (Å²) in [5.41, 5.74) is 6.58. The molecule has 15 heavy (non-hydrogen) atoms. The lowest BCUT2D eigenvalue weighted by Gasteiger charge is -2.01. The van der Waals surface area contributed by atoms with Crippen LogP contribution in [-0.4, -0.2) is 15.0 Å². The van der Waals surface area contributed by atoms with Crippen LogP contribution in [0, 0.1) is 0 Å². The summed E-state index contributed by atoms with van der Waals surface area (Å²) in [6, 6.07) is 9.86. The first-order valence-corrected chi connectivity index (χ1v) is 4.82. The van der Waals surface area contributed by atoms with E-state index in [4.69, 9.17) is 17.3 Å². The molecule has 2 aromatic rings. The molecule has 1 heterocycles. The van der Waals surface area contributed by atoms with Gasteiger partial charge in [-0.2, -0.15) is 9.97 Å². The molecule has 0 radical (unpaired) electrons. The normalized spacial score (nSPS) is 10.2. The van der Waals surface area contributed by atoms with Crippen molar-refractivity contribution in [1.29, 1.82) is 0 Å². The molecule has 0 atom stereocenters. The fourth-order valence-corrected chi connectivity index (χ4v) is 1.45. The van der Waals surface area contributed by atoms with Crippen molar-refractivity contribution < 1.29 is 0 Å². The molecule has 5 heteroatoms. The average molecular weight is 221 g/mol. The number of hydrogen-bond donors (Lipinski definition) is 1. The number of benzene rings is 1. The Labute approximate surface area is 92.2 Å². The molecule has 0 amide bonds. The number of nitrogens with zero attached hydrogens (tertiary/aromatic N) is 3. The summed E-state index contributed by atoms with van der Waals surface area (Å²) in [7, 11) is 0. The summed E-state index contributed by atoms with van der Waals surface area (Å²) in [5, 5.41) is 0.133. The van der Waals surface area contributed by atoms with Crippen LogP contribution in [0.1, 0.15) is 11.4 Å². The Bertz CT molecular complexity index is 438. The summed E-state index contributed by atoms with van der Waals surface area (Å²) in [4.78, 5) is 11.7. The lowest BCUT2D eigenvalue weighted by Crippen LogP contribution is -2.03. The lowest BCUT2D eigenvalue weighted by atomic mass is 10.1. The highest BCUT2D eigenvalue weighted by Gasteiger charge is 2.03. The summed E-state index contributed by atoms with van der Waals surface area (Å²) < 4.78 is 0. The van der Waals surface area contributed by atoms with Crippen LogP contribution in [0.2, 0.25) is 5.28 Å². The molecule has 0 bridgehead atoms. The first-order chi connectivity index (χ1) is 7.24. The van der Waals surface area contributed by atoms with E-state index in [9.17, 15) is 0 Å². The number of rotatable bonds is 2. The van der Waals surface area contributed by atoms with Gasteiger partial charge in [-0.15, -0.1) is 0 Å². The third-order valence-corrected chi connectivity index (χ3v) is 2.05. The Morgan fingerprint density at radius 2 is 1.80 bits per heavy atom. The van der Waals surface area contributed by atoms with Crippen LogP contribution in [0.15, 0.2) is 30.3 Å². The Kier molecular flexibility index (Phi) is 2.78. The molecule has 1 aromatic heterocycles. The molecule has 1 aromatic carbocycles. The van der Waals surface area contributed by atoms with E-state index in [0.717, 1.165) is 5.56 Å². The van der Waals surface area contributed by atoms with Gasteiger partial charge in [-0.05, 0) is 17.2 Å². The monoisotopic (exact) mass is 220 g/mol. The smallest absolute Gasteiger partial charge is 0.227 e. The van der Waals surface area contributed by atoms with Gasteiger partial charge < -0.3 is 5.73 Å². The number of nitrogens with two attached hydrogens (primary N) is 1. The predicted molar refractivity (Wildman–Crippen MR) is 58.5 cm³/mol. The zero-order valence-corrected chi connectivity index (χ0v) is 8.65. The van der Waals surface area contributed by atoms with Crippen LogP contribution >= 0.6 is 11.6 Å². The van der Waals surface area contributed by atoms with Crippen LogP contribution in [0.5, 0.6) is 0 Å². The largest absolute Gasteiger partial charge is 0.368 e. The molecule has 2 rings (SSSR count). The fraction of sp³-hybridized carbons (Fsp3) is 0.100. The molecule has 0 spiro atoms. The molecule has 0 aliphatic heterocycles. The van der Waals surface area contributed by atoms with Crippen LogP contribution in [0.4, 0.5) is 5.95 Å². The molecule has 0 saturated carbocycles. The van der Waals surface area contributed by atoms with Crippen LogP contribution in [0.3, 0.4) is 0 Å². The zero-order chi connectivity index (χ0) is 10.7. The van der Waals surface area contributed by atoms with E-state index >= 15 is 0 Å². The van der Waals surface area contributed by atoms with Gasteiger partial charge in [0.15, 0.2) is 0 Å². The van der Waals surface area contributed by atoms with Crippen molar-refractivity contribution in [3.8, 4) is 0 Å². The molecule has 0 fully saturated rings. The van der Waals surface area contributed by atoms with E-state index in [-0.39, 0.29) is 11.2 Å². The fourth-order valence-electron chi connectivity index (χ4n) is 1.27. The van der Waals surface area contributed by atoms with Gasteiger partial charge in [0.25, 0.3) is 0 Å². The second-order valence-electron chi connectivity index (χ2n) is 3.04. The zero-order valence-electron chi connectivity index (χ0n) is 7.89. The highest BCUT2D eigenvalue weighted by Crippen LogP contribution is 2.08. The minimum absolute atomic E-state index is 0.133. The van der Waals surface area contributed by atoms with Crippen molar-refractivity contribution in [3.63, 3.8) is 0 Å². The molecule has 0 aliphatic rings. The topological polar surface area (TPSA) is 64.7 Å². The number of halogens is 1. The molecule has 0 unspecified atom stereocenters. The van der Waals surface area contributed by atoms with Crippen molar-refractivity contribution in [2.45, 2.75) is 6.42 Å². The summed E-state index contributed by atoms with van der Waals surface area (Å²) in [5.74, 6) is 0.736. The van der Waals surface area contributed by atoms with Crippen molar-refractivity contribution in [2.75, 3.05) is 5.73 Å². The quantitative estimate of drug-likeness (QED) is 0.837. The van der Waals surface area contributed by atoms with Gasteiger partial charge >= 0.3 is 0 Å². The van der Waals surface area contributed by atoms with Gasteiger partial charge in [-0.25, -0.2) is 4.98 Å². The molecule has 2 N–H and O–H groups in total. The standard InChI is InChI=1S/C10H9ClN4/c11-9-13-8(14-10(12)15-9)6-7-4-2-1-3-5-7/h1-5H,6H2,(H2,12,13,14,15). The average Bonchev–Trinajstić information content (AvgIpc) is 2.17. The molecule has 0 saturated heterocycles. The number of anilines is 1. The van der Waals surface area contributed by atoms with E-state index in [0.29, 0.717) is 12.2 Å². The van der Waals surface area contributed by atoms with Crippen LogP contribution < -0.4 is 5.73 Å². The molecule has 76 valence electrons. The van der Waals surface area contributed by atoms with Crippen LogP contribution in [0.25, 0.3) is 0 Å². The number of nitrogen functional groups attached to an aromatic ring is 1. The third-order valence-electron chi connectivity index (χ3n) is 1.88. The third kappa shape index (κ3) is 2.63. The minimum Gasteiger partial charge on any atom is -0.368 e. The molecular weight excluding hydrogens is 212 g/mol. The van der Waals surface area contributed by atoms with Gasteiger partial charge in [0.1, 0.15) is 5.82 Å². The second kappa shape index (κ2) is 4.23. The Morgan fingerprint density at radius 1 is 1.07 bits per heavy atom. The predicted octanol–water partition coefficient (Wildman–Crippen LogP) is 1.70. The van der Waals surface area contributed by atoms with Gasteiger partial charge in [0.2, 0.25) is 11.2 Å². The van der Waals surface area contributed by atoms with E-state index in [1.807, 2.05) is 30.3 Å². The van der Waals surface area contributed by atoms with Crippen molar-refractivity contribution >= 4 is 17.5 Å². The lowest BCUT2D eigenvalue weighted by molar-refractivity contribution is 0.929. The number of aromatic nitrogens is 3. The Hall–Kier alpha value is -1.68. The van der Waals surface area contributed by atoms with Crippen molar-refractivity contribution in [2.24, 2.45) is 0 Å². The molecule has 0 aliphatic carbocycles. The first kappa shape index (κ1) is 9.86. The Balaban J connectivity index is 2.25. The first-order valence-electron chi connectivity index (χ1n) is 4.44. The van der Waals surface area contributed by atoms with Gasteiger partial charge in [0, 0.05) is 6.42 Å². The van der Waals surface area contributed by atoms with Crippen LogP contribution in [-0.2, 0) is 6.42 Å². The number of hydrogen-bond acceptors (Lipinski definition) is 4. The summed E-state index contributed by atoms with van der Waals surface area (Å²) in [6.45, 7) is 0. The maximum atomic E-state index is 5.67. The molecule has 4 nitrogen and oxygen atoms in total. The Morgan fingerprint density at radius 3 is 2.47 bits per heavy atom. The van der Waals surface area contributed by atoms with E-state index in [2.05, 4.69) is 15.0 Å². The summed E-state index contributed by atoms with van der Waals surface area (Å²) in [6.07, 6.45) is 0.604. The second-order valence-corrected chi connectivity index (χ2v) is 3.38. The highest BCUT2D eigenvalue weighted by molar-refractivity contribution is 6.28. The van der Waals surface area contributed by atoms with Gasteiger partial charge in [-0.3, -0.25) is 0 Å². The summed E-state index contributed by atoms with van der Waals surface area (Å²) >= 11 is 5.67. The van der Waals surface area contributed by atoms with E-state index in [1.54, 1.807) is 0 Å². The van der Waals surface area contributed by atoms with E-state index < -0.39 is 0 Å². The minimum atomic E-state index is 0.133.